The summed E-state index contributed by atoms with van der Waals surface area (Å²) in [5, 5.41) is 13.9. The maximum atomic E-state index is 12.9. The maximum Gasteiger partial charge on any atom is 0.355 e. The number of benzene rings is 1. The van der Waals surface area contributed by atoms with Crippen LogP contribution < -0.4 is 11.1 Å². The largest absolute Gasteiger partial charge is 0.476 e. The van der Waals surface area contributed by atoms with Gasteiger partial charge in [-0.25, -0.2) is 9.78 Å². The number of rotatable bonds is 9. The van der Waals surface area contributed by atoms with Crippen molar-refractivity contribution in [3.05, 3.63) is 68.4 Å². The van der Waals surface area contributed by atoms with Crippen LogP contribution in [0.4, 0.5) is 0 Å². The van der Waals surface area contributed by atoms with E-state index in [0.29, 0.717) is 17.5 Å². The minimum atomic E-state index is -1.08. The van der Waals surface area contributed by atoms with Crippen molar-refractivity contribution < 1.29 is 14.7 Å². The lowest BCUT2D eigenvalue weighted by molar-refractivity contribution is -0.120. The third kappa shape index (κ3) is 6.03. The highest BCUT2D eigenvalue weighted by Gasteiger charge is 2.21. The molecule has 174 valence electrons. The molecule has 0 spiro atoms. The Morgan fingerprint density at radius 3 is 2.39 bits per heavy atom. The zero-order valence-corrected chi connectivity index (χ0v) is 20.3. The van der Waals surface area contributed by atoms with Crippen LogP contribution in [0.5, 0.6) is 0 Å². The smallest absolute Gasteiger partial charge is 0.355 e. The van der Waals surface area contributed by atoms with E-state index in [4.69, 9.17) is 15.8 Å². The molecule has 3 aromatic rings. The van der Waals surface area contributed by atoms with Gasteiger partial charge in [0.15, 0.2) is 5.69 Å². The number of carboxylic acid groups (broad SMARTS) is 1. The molecule has 0 fully saturated rings. The number of amides is 1. The summed E-state index contributed by atoms with van der Waals surface area (Å²) in [5.41, 5.74) is 13.0. The van der Waals surface area contributed by atoms with Crippen LogP contribution in [-0.2, 0) is 30.7 Å². The van der Waals surface area contributed by atoms with Crippen molar-refractivity contribution in [3.63, 3.8) is 0 Å². The summed E-state index contributed by atoms with van der Waals surface area (Å²) in [6.45, 7) is 8.79. The van der Waals surface area contributed by atoms with Crippen LogP contribution in [0.3, 0.4) is 0 Å². The van der Waals surface area contributed by atoms with Crippen LogP contribution in [-0.4, -0.2) is 27.0 Å². The summed E-state index contributed by atoms with van der Waals surface area (Å²) in [5.74, 6) is -0.833. The number of nitrogens with two attached hydrogens (primary N) is 1. The summed E-state index contributed by atoms with van der Waals surface area (Å²) in [6.07, 6.45) is 0.961. The van der Waals surface area contributed by atoms with Gasteiger partial charge in [-0.3, -0.25) is 9.78 Å². The first-order chi connectivity index (χ1) is 15.7. The van der Waals surface area contributed by atoms with Crippen molar-refractivity contribution in [3.8, 4) is 11.1 Å². The third-order valence-corrected chi connectivity index (χ3v) is 6.23. The Hall–Kier alpha value is -3.10. The molecule has 3 rings (SSSR count). The number of thiazole rings is 1. The van der Waals surface area contributed by atoms with E-state index in [-0.39, 0.29) is 24.6 Å². The lowest BCUT2D eigenvalue weighted by atomic mass is 9.88. The number of aromatic nitrogens is 2. The second-order valence-corrected chi connectivity index (χ2v) is 9.47. The van der Waals surface area contributed by atoms with Crippen LogP contribution in [0.1, 0.15) is 57.4 Å². The Morgan fingerprint density at radius 2 is 1.82 bits per heavy atom. The lowest BCUT2D eigenvalue weighted by Crippen LogP contribution is -2.26. The van der Waals surface area contributed by atoms with Gasteiger partial charge in [0.1, 0.15) is 5.01 Å². The molecule has 0 saturated carbocycles. The SMILES string of the molecule is Cc1ccc(-c2c(CC(=O)NCc3nc(C(=O)O)cs3)c(C)nc(CC(C)C)c2CN)cc1. The monoisotopic (exact) mass is 466 g/mol. The molecule has 33 heavy (non-hydrogen) atoms. The molecule has 0 radical (unpaired) electrons. The van der Waals surface area contributed by atoms with Gasteiger partial charge in [-0.05, 0) is 48.4 Å². The van der Waals surface area contributed by atoms with Crippen LogP contribution in [0.2, 0.25) is 0 Å². The van der Waals surface area contributed by atoms with Crippen LogP contribution in [0.25, 0.3) is 11.1 Å². The molecule has 4 N–H and O–H groups in total. The minimum absolute atomic E-state index is 0.0146. The average Bonchev–Trinajstić information content (AvgIpc) is 3.24. The normalized spacial score (nSPS) is 11.1. The molecule has 0 atom stereocenters. The van der Waals surface area contributed by atoms with Crippen LogP contribution >= 0.6 is 11.3 Å². The number of carbonyl (C=O) groups is 2. The fourth-order valence-electron chi connectivity index (χ4n) is 3.79. The summed E-state index contributed by atoms with van der Waals surface area (Å²) in [4.78, 5) is 32.8. The van der Waals surface area contributed by atoms with E-state index in [0.717, 1.165) is 45.6 Å². The van der Waals surface area contributed by atoms with Gasteiger partial charge in [-0.2, -0.15) is 0 Å². The van der Waals surface area contributed by atoms with Gasteiger partial charge in [0, 0.05) is 23.3 Å². The van der Waals surface area contributed by atoms with E-state index in [1.807, 2.05) is 13.8 Å². The van der Waals surface area contributed by atoms with E-state index in [1.54, 1.807) is 0 Å². The molecule has 2 heterocycles. The number of carboxylic acids is 1. The van der Waals surface area contributed by atoms with Gasteiger partial charge in [-0.15, -0.1) is 11.3 Å². The molecule has 0 aliphatic heterocycles. The van der Waals surface area contributed by atoms with E-state index in [9.17, 15) is 9.59 Å². The molecular formula is C25H30N4O3S. The topological polar surface area (TPSA) is 118 Å². The number of aryl methyl sites for hydroxylation is 2. The van der Waals surface area contributed by atoms with Crippen molar-refractivity contribution in [2.45, 2.75) is 53.6 Å². The molecular weight excluding hydrogens is 436 g/mol. The highest BCUT2D eigenvalue weighted by molar-refractivity contribution is 7.09. The van der Waals surface area contributed by atoms with Gasteiger partial charge in [-0.1, -0.05) is 43.7 Å². The summed E-state index contributed by atoms with van der Waals surface area (Å²) in [7, 11) is 0. The minimum Gasteiger partial charge on any atom is -0.476 e. The molecule has 1 aromatic carbocycles. The summed E-state index contributed by atoms with van der Waals surface area (Å²) in [6, 6.07) is 8.24. The number of hydrogen-bond donors (Lipinski definition) is 3. The number of carbonyl (C=O) groups excluding carboxylic acids is 1. The first-order valence-corrected chi connectivity index (χ1v) is 11.8. The predicted molar refractivity (Wildman–Crippen MR) is 130 cm³/mol. The molecule has 7 nitrogen and oxygen atoms in total. The van der Waals surface area contributed by atoms with Gasteiger partial charge in [0.05, 0.1) is 13.0 Å². The van der Waals surface area contributed by atoms with Gasteiger partial charge >= 0.3 is 5.97 Å². The number of pyridine rings is 1. The number of hydrogen-bond acceptors (Lipinski definition) is 6. The zero-order chi connectivity index (χ0) is 24.1. The Kier molecular flexibility index (Phi) is 7.94. The summed E-state index contributed by atoms with van der Waals surface area (Å²) >= 11 is 1.21. The molecule has 1 amide bonds. The molecule has 0 unspecified atom stereocenters. The van der Waals surface area contributed by atoms with E-state index >= 15 is 0 Å². The molecule has 2 aromatic heterocycles. The van der Waals surface area contributed by atoms with E-state index in [2.05, 4.69) is 48.4 Å². The highest BCUT2D eigenvalue weighted by atomic mass is 32.1. The Balaban J connectivity index is 1.94. The lowest BCUT2D eigenvalue weighted by Gasteiger charge is -2.21. The summed E-state index contributed by atoms with van der Waals surface area (Å²) < 4.78 is 0. The molecule has 0 saturated heterocycles. The zero-order valence-electron chi connectivity index (χ0n) is 19.4. The van der Waals surface area contributed by atoms with Gasteiger partial charge < -0.3 is 16.2 Å². The fourth-order valence-corrected chi connectivity index (χ4v) is 4.50. The van der Waals surface area contributed by atoms with Crippen molar-refractivity contribution in [1.29, 1.82) is 0 Å². The molecule has 0 aliphatic rings. The van der Waals surface area contributed by atoms with E-state index in [1.165, 1.54) is 16.7 Å². The Morgan fingerprint density at radius 1 is 1.12 bits per heavy atom. The fraction of sp³-hybridized carbons (Fsp3) is 0.360. The Bertz CT molecular complexity index is 1150. The second-order valence-electron chi connectivity index (χ2n) is 8.53. The van der Waals surface area contributed by atoms with Gasteiger partial charge in [0.2, 0.25) is 5.91 Å². The number of aromatic carboxylic acids is 1. The standard InChI is InChI=1S/C25H30N4O3S/c1-14(2)9-20-19(11-26)24(17-7-5-15(3)6-8-17)18(16(4)28-20)10-22(30)27-12-23-29-21(13-33-23)25(31)32/h5-8,13-14H,9-12,26H2,1-4H3,(H,27,30)(H,31,32). The third-order valence-electron chi connectivity index (χ3n) is 5.38. The number of nitrogens with zero attached hydrogens (tertiary/aromatic N) is 2. The maximum absolute atomic E-state index is 12.9. The first kappa shape index (κ1) is 24.5. The molecule has 0 bridgehead atoms. The predicted octanol–water partition coefficient (Wildman–Crippen LogP) is 4.04. The number of nitrogens with one attached hydrogen (secondary N) is 1. The van der Waals surface area contributed by atoms with Crippen molar-refractivity contribution in [2.24, 2.45) is 11.7 Å². The highest BCUT2D eigenvalue weighted by Crippen LogP contribution is 2.33. The van der Waals surface area contributed by atoms with E-state index < -0.39 is 5.97 Å². The second kappa shape index (κ2) is 10.7. The Labute approximate surface area is 198 Å². The van der Waals surface area contributed by atoms with Crippen molar-refractivity contribution >= 4 is 23.2 Å². The average molecular weight is 467 g/mol. The first-order valence-electron chi connectivity index (χ1n) is 10.9. The van der Waals surface area contributed by atoms with Crippen molar-refractivity contribution in [1.82, 2.24) is 15.3 Å². The van der Waals surface area contributed by atoms with Crippen molar-refractivity contribution in [2.75, 3.05) is 0 Å². The quantitative estimate of drug-likeness (QED) is 0.438. The molecule has 8 heteroatoms. The van der Waals surface area contributed by atoms with Crippen LogP contribution in [0, 0.1) is 19.8 Å². The van der Waals surface area contributed by atoms with Crippen LogP contribution in [0.15, 0.2) is 29.6 Å². The van der Waals surface area contributed by atoms with Gasteiger partial charge in [0.25, 0.3) is 0 Å². The molecule has 0 aliphatic carbocycles.